The lowest BCUT2D eigenvalue weighted by molar-refractivity contribution is 0.00759. The molecule has 0 saturated heterocycles. The normalized spacial score (nSPS) is 12.6. The molecule has 1 unspecified atom stereocenters. The number of methoxy groups -OCH3 is 1. The largest absolute Gasteiger partial charge is 0.399 e. The molecule has 0 aliphatic carbocycles. The lowest BCUT2D eigenvalue weighted by Gasteiger charge is -2.14. The lowest BCUT2D eigenvalue weighted by Crippen LogP contribution is -2.09. The van der Waals surface area contributed by atoms with E-state index >= 15 is 0 Å². The van der Waals surface area contributed by atoms with Crippen LogP contribution in [0, 0.1) is 0 Å². The predicted molar refractivity (Wildman–Crippen MR) is 72.5 cm³/mol. The van der Waals surface area contributed by atoms with E-state index in [0.717, 1.165) is 24.3 Å². The van der Waals surface area contributed by atoms with E-state index in [4.69, 9.17) is 19.9 Å². The van der Waals surface area contributed by atoms with Crippen LogP contribution in [-0.4, -0.2) is 33.5 Å². The van der Waals surface area contributed by atoms with E-state index in [1.54, 1.807) is 7.11 Å². The minimum Gasteiger partial charge on any atom is -0.399 e. The van der Waals surface area contributed by atoms with Gasteiger partial charge >= 0.3 is 0 Å². The number of rotatable bonds is 9. The molecular formula is C14H23NO3. The van der Waals surface area contributed by atoms with Gasteiger partial charge in [-0.15, -0.1) is 0 Å². The average molecular weight is 253 g/mol. The summed E-state index contributed by atoms with van der Waals surface area (Å²) in [6, 6.07) is 7.76. The Morgan fingerprint density at radius 3 is 2.72 bits per heavy atom. The first kappa shape index (κ1) is 15.0. The molecule has 0 bridgehead atoms. The van der Waals surface area contributed by atoms with Gasteiger partial charge in [0.2, 0.25) is 0 Å². The maximum Gasteiger partial charge on any atom is 0.0798 e. The molecule has 1 atom stereocenters. The molecule has 0 spiro atoms. The fourth-order valence-electron chi connectivity index (χ4n) is 1.60. The summed E-state index contributed by atoms with van der Waals surface area (Å²) in [4.78, 5) is 0. The Hall–Kier alpha value is -1.10. The maximum absolute atomic E-state index is 5.73. The molecular weight excluding hydrogens is 230 g/mol. The van der Waals surface area contributed by atoms with E-state index in [-0.39, 0.29) is 6.10 Å². The van der Waals surface area contributed by atoms with E-state index < -0.39 is 0 Å². The molecule has 2 N–H and O–H groups in total. The number of nitrogen functional groups attached to an aromatic ring is 1. The van der Waals surface area contributed by atoms with Crippen LogP contribution in [0.1, 0.15) is 25.0 Å². The molecule has 4 nitrogen and oxygen atoms in total. The monoisotopic (exact) mass is 253 g/mol. The Balaban J connectivity index is 2.12. The van der Waals surface area contributed by atoms with Crippen molar-refractivity contribution in [3.8, 4) is 0 Å². The van der Waals surface area contributed by atoms with Crippen molar-refractivity contribution in [2.75, 3.05) is 39.3 Å². The zero-order valence-corrected chi connectivity index (χ0v) is 11.2. The van der Waals surface area contributed by atoms with Gasteiger partial charge in [0.15, 0.2) is 0 Å². The van der Waals surface area contributed by atoms with Gasteiger partial charge in [-0.25, -0.2) is 0 Å². The van der Waals surface area contributed by atoms with Gasteiger partial charge in [0.25, 0.3) is 0 Å². The van der Waals surface area contributed by atoms with E-state index in [2.05, 4.69) is 0 Å². The van der Waals surface area contributed by atoms with Crippen molar-refractivity contribution in [2.24, 2.45) is 0 Å². The number of nitrogens with two attached hydrogens (primary N) is 1. The summed E-state index contributed by atoms with van der Waals surface area (Å²) in [5.41, 5.74) is 7.58. The molecule has 0 aromatic heterocycles. The second-order valence-corrected chi connectivity index (χ2v) is 4.14. The topological polar surface area (TPSA) is 53.7 Å². The lowest BCUT2D eigenvalue weighted by atomic mass is 10.1. The molecule has 0 saturated carbocycles. The van der Waals surface area contributed by atoms with Crippen LogP contribution in [-0.2, 0) is 14.2 Å². The molecule has 1 rings (SSSR count). The van der Waals surface area contributed by atoms with Gasteiger partial charge in [-0.2, -0.15) is 0 Å². The summed E-state index contributed by atoms with van der Waals surface area (Å²) < 4.78 is 16.0. The first-order chi connectivity index (χ1) is 8.74. The van der Waals surface area contributed by atoms with Crippen LogP contribution < -0.4 is 5.73 Å². The first-order valence-corrected chi connectivity index (χ1v) is 6.27. The van der Waals surface area contributed by atoms with Gasteiger partial charge in [-0.3, -0.25) is 0 Å². The Morgan fingerprint density at radius 1 is 1.17 bits per heavy atom. The van der Waals surface area contributed by atoms with Gasteiger partial charge in [-0.05, 0) is 31.0 Å². The summed E-state index contributed by atoms with van der Waals surface area (Å²) in [6.45, 7) is 4.66. The van der Waals surface area contributed by atoms with Gasteiger partial charge in [0.1, 0.15) is 0 Å². The smallest absolute Gasteiger partial charge is 0.0798 e. The van der Waals surface area contributed by atoms with E-state index in [9.17, 15) is 0 Å². The molecule has 0 fully saturated rings. The third kappa shape index (κ3) is 6.00. The van der Waals surface area contributed by atoms with Crippen LogP contribution in [0.4, 0.5) is 5.69 Å². The van der Waals surface area contributed by atoms with E-state index in [1.165, 1.54) is 0 Å². The predicted octanol–water partition coefficient (Wildman–Crippen LogP) is 2.40. The molecule has 0 amide bonds. The quantitative estimate of drug-likeness (QED) is 0.542. The van der Waals surface area contributed by atoms with Gasteiger partial charge < -0.3 is 19.9 Å². The highest BCUT2D eigenvalue weighted by Crippen LogP contribution is 2.18. The molecule has 102 valence electrons. The van der Waals surface area contributed by atoms with Crippen molar-refractivity contribution in [1.82, 2.24) is 0 Å². The number of hydrogen-bond donors (Lipinski definition) is 1. The molecule has 4 heteroatoms. The SMILES string of the molecule is COCCCOCCOC(C)c1cccc(N)c1. The second kappa shape index (κ2) is 8.91. The number of benzene rings is 1. The van der Waals surface area contributed by atoms with Crippen molar-refractivity contribution in [1.29, 1.82) is 0 Å². The van der Waals surface area contributed by atoms with E-state index in [1.807, 2.05) is 31.2 Å². The third-order valence-corrected chi connectivity index (χ3v) is 2.61. The molecule has 18 heavy (non-hydrogen) atoms. The average Bonchev–Trinajstić information content (AvgIpc) is 2.37. The molecule has 1 aromatic carbocycles. The molecule has 0 aliphatic heterocycles. The van der Waals surface area contributed by atoms with Gasteiger partial charge in [0, 0.05) is 26.0 Å². The maximum atomic E-state index is 5.73. The fraction of sp³-hybridized carbons (Fsp3) is 0.571. The number of ether oxygens (including phenoxy) is 3. The zero-order chi connectivity index (χ0) is 13.2. The summed E-state index contributed by atoms with van der Waals surface area (Å²) >= 11 is 0. The van der Waals surface area contributed by atoms with Crippen molar-refractivity contribution >= 4 is 5.69 Å². The van der Waals surface area contributed by atoms with Crippen molar-refractivity contribution in [2.45, 2.75) is 19.4 Å². The Labute approximate surface area is 109 Å². The van der Waals surface area contributed by atoms with Crippen molar-refractivity contribution < 1.29 is 14.2 Å². The minimum atomic E-state index is 0.0380. The molecule has 1 aromatic rings. The Kier molecular flexibility index (Phi) is 7.41. The standard InChI is InChI=1S/C14H23NO3/c1-12(13-5-3-6-14(15)11-13)18-10-9-17-8-4-7-16-2/h3,5-6,11-12H,4,7-10,15H2,1-2H3. The highest BCUT2D eigenvalue weighted by atomic mass is 16.5. The van der Waals surface area contributed by atoms with Crippen molar-refractivity contribution in [3.63, 3.8) is 0 Å². The molecule has 0 radical (unpaired) electrons. The molecule has 0 aliphatic rings. The highest BCUT2D eigenvalue weighted by Gasteiger charge is 2.05. The summed E-state index contributed by atoms with van der Waals surface area (Å²) in [7, 11) is 1.69. The highest BCUT2D eigenvalue weighted by molar-refractivity contribution is 5.41. The number of hydrogen-bond acceptors (Lipinski definition) is 4. The van der Waals surface area contributed by atoms with Crippen LogP contribution in [0.2, 0.25) is 0 Å². The Morgan fingerprint density at radius 2 is 2.00 bits per heavy atom. The van der Waals surface area contributed by atoms with E-state index in [0.29, 0.717) is 19.8 Å². The van der Waals surface area contributed by atoms with Crippen LogP contribution in [0.25, 0.3) is 0 Å². The van der Waals surface area contributed by atoms with Crippen LogP contribution in [0.5, 0.6) is 0 Å². The van der Waals surface area contributed by atoms with Gasteiger partial charge in [-0.1, -0.05) is 12.1 Å². The summed E-state index contributed by atoms with van der Waals surface area (Å²) in [5, 5.41) is 0. The second-order valence-electron chi connectivity index (χ2n) is 4.14. The third-order valence-electron chi connectivity index (χ3n) is 2.61. The van der Waals surface area contributed by atoms with Gasteiger partial charge in [0.05, 0.1) is 19.3 Å². The minimum absolute atomic E-state index is 0.0380. The van der Waals surface area contributed by atoms with Crippen LogP contribution in [0.3, 0.4) is 0 Å². The zero-order valence-electron chi connectivity index (χ0n) is 11.2. The summed E-state index contributed by atoms with van der Waals surface area (Å²) in [6.07, 6.45) is 0.956. The molecule has 0 heterocycles. The Bertz CT molecular complexity index is 331. The fourth-order valence-corrected chi connectivity index (χ4v) is 1.60. The van der Waals surface area contributed by atoms with Crippen LogP contribution >= 0.6 is 0 Å². The van der Waals surface area contributed by atoms with Crippen LogP contribution in [0.15, 0.2) is 24.3 Å². The summed E-state index contributed by atoms with van der Waals surface area (Å²) in [5.74, 6) is 0. The van der Waals surface area contributed by atoms with Crippen molar-refractivity contribution in [3.05, 3.63) is 29.8 Å². The first-order valence-electron chi connectivity index (χ1n) is 6.27. The number of anilines is 1.